The second-order valence-electron chi connectivity index (χ2n) is 5.53. The van der Waals surface area contributed by atoms with Crippen molar-refractivity contribution < 1.29 is 18.3 Å². The Bertz CT molecular complexity index is 613. The lowest BCUT2D eigenvalue weighted by Crippen LogP contribution is -2.34. The fourth-order valence-electron chi connectivity index (χ4n) is 2.28. The van der Waals surface area contributed by atoms with Gasteiger partial charge < -0.3 is 20.7 Å². The summed E-state index contributed by atoms with van der Waals surface area (Å²) >= 11 is 0. The van der Waals surface area contributed by atoms with Gasteiger partial charge in [0.15, 0.2) is 5.96 Å². The monoisotopic (exact) mass is 454 g/mol. The number of aliphatic imine (C=N–C) groups is 1. The number of rotatable bonds is 4. The number of carbonyl (C=O) groups excluding carboxylic acids is 1. The van der Waals surface area contributed by atoms with E-state index in [2.05, 4.69) is 10.3 Å². The van der Waals surface area contributed by atoms with Crippen molar-refractivity contribution in [2.75, 3.05) is 26.0 Å². The summed E-state index contributed by atoms with van der Waals surface area (Å²) in [4.78, 5) is 17.3. The number of halogens is 3. The Morgan fingerprint density at radius 1 is 1.42 bits per heavy atom. The molecular weight excluding hydrogens is 433 g/mol. The predicted octanol–water partition coefficient (Wildman–Crippen LogP) is 1.95. The Kier molecular flexibility index (Phi) is 7.80. The molecule has 0 bridgehead atoms. The first kappa shape index (κ1) is 20.6. The van der Waals surface area contributed by atoms with Crippen molar-refractivity contribution >= 4 is 41.5 Å². The molecule has 0 spiro atoms. The quantitative estimate of drug-likeness (QED) is 0.414. The molecule has 0 aromatic heterocycles. The molecular formula is C15H21F2IN4O2. The molecule has 0 radical (unpaired) electrons. The molecule has 1 aromatic rings. The number of anilines is 1. The van der Waals surface area contributed by atoms with Crippen LogP contribution >= 0.6 is 24.0 Å². The number of amides is 1. The molecule has 2 unspecified atom stereocenters. The highest BCUT2D eigenvalue weighted by Gasteiger charge is 2.31. The number of hydrogen-bond acceptors (Lipinski definition) is 3. The van der Waals surface area contributed by atoms with Crippen LogP contribution in [0.5, 0.6) is 0 Å². The minimum absolute atomic E-state index is 0. The number of nitrogens with two attached hydrogens (primary N) is 1. The van der Waals surface area contributed by atoms with Crippen LogP contribution in [0.25, 0.3) is 0 Å². The maximum absolute atomic E-state index is 13.5. The molecule has 9 heteroatoms. The first-order valence-electron chi connectivity index (χ1n) is 7.25. The number of benzene rings is 1. The summed E-state index contributed by atoms with van der Waals surface area (Å²) in [5, 5.41) is 2.51. The lowest BCUT2D eigenvalue weighted by molar-refractivity contribution is -0.140. The highest BCUT2D eigenvalue weighted by molar-refractivity contribution is 14.0. The van der Waals surface area contributed by atoms with E-state index in [0.717, 1.165) is 18.2 Å². The van der Waals surface area contributed by atoms with Crippen LogP contribution in [0.4, 0.5) is 14.5 Å². The second kappa shape index (κ2) is 9.11. The highest BCUT2D eigenvalue weighted by Crippen LogP contribution is 2.21. The van der Waals surface area contributed by atoms with Gasteiger partial charge in [0, 0.05) is 20.2 Å². The largest absolute Gasteiger partial charge is 0.370 e. The Morgan fingerprint density at radius 3 is 2.79 bits per heavy atom. The van der Waals surface area contributed by atoms with Crippen LogP contribution in [0.15, 0.2) is 23.2 Å². The molecule has 1 aliphatic rings. The molecule has 0 saturated carbocycles. The number of nitrogens with one attached hydrogen (secondary N) is 1. The van der Waals surface area contributed by atoms with Gasteiger partial charge in [-0.1, -0.05) is 0 Å². The second-order valence-corrected chi connectivity index (χ2v) is 5.53. The van der Waals surface area contributed by atoms with E-state index < -0.39 is 17.7 Å². The average molecular weight is 454 g/mol. The minimum atomic E-state index is -0.627. The van der Waals surface area contributed by atoms with Gasteiger partial charge in [-0.15, -0.1) is 24.0 Å². The van der Waals surface area contributed by atoms with Crippen molar-refractivity contribution in [2.45, 2.75) is 25.0 Å². The number of guanidine groups is 1. The van der Waals surface area contributed by atoms with Gasteiger partial charge in [-0.25, -0.2) is 8.78 Å². The van der Waals surface area contributed by atoms with Gasteiger partial charge in [0.25, 0.3) is 5.91 Å². The summed E-state index contributed by atoms with van der Waals surface area (Å²) in [7, 11) is 3.35. The van der Waals surface area contributed by atoms with E-state index in [0.29, 0.717) is 12.8 Å². The SMILES string of the molecule is CN(C)C(=O)C1CCC(CN=C(N)Nc2cc(F)ccc2F)O1.I. The highest BCUT2D eigenvalue weighted by atomic mass is 127. The zero-order chi connectivity index (χ0) is 17.0. The average Bonchev–Trinajstić information content (AvgIpc) is 2.97. The first-order valence-corrected chi connectivity index (χ1v) is 7.25. The first-order chi connectivity index (χ1) is 10.9. The molecule has 0 aliphatic carbocycles. The lowest BCUT2D eigenvalue weighted by atomic mass is 10.2. The van der Waals surface area contributed by atoms with Gasteiger partial charge in [0.05, 0.1) is 18.3 Å². The smallest absolute Gasteiger partial charge is 0.251 e. The van der Waals surface area contributed by atoms with Crippen molar-refractivity contribution in [2.24, 2.45) is 10.7 Å². The van der Waals surface area contributed by atoms with Crippen LogP contribution in [0, 0.1) is 11.6 Å². The maximum Gasteiger partial charge on any atom is 0.251 e. The van der Waals surface area contributed by atoms with Crippen LogP contribution in [0.3, 0.4) is 0 Å². The molecule has 1 aromatic carbocycles. The number of carbonyl (C=O) groups is 1. The number of ether oxygens (including phenoxy) is 1. The normalized spacial score (nSPS) is 20.4. The molecule has 3 N–H and O–H groups in total. The number of hydrogen-bond donors (Lipinski definition) is 2. The third-order valence-electron chi connectivity index (χ3n) is 3.48. The Morgan fingerprint density at radius 2 is 2.12 bits per heavy atom. The standard InChI is InChI=1S/C15H20F2N4O2.HI/c1-21(2)14(22)13-6-4-10(23-13)8-19-15(18)20-12-7-9(16)3-5-11(12)17;/h3,5,7,10,13H,4,6,8H2,1-2H3,(H3,18,19,20);1H. The van der Waals surface area contributed by atoms with Crippen molar-refractivity contribution in [1.29, 1.82) is 0 Å². The van der Waals surface area contributed by atoms with Crippen LogP contribution in [0.2, 0.25) is 0 Å². The van der Waals surface area contributed by atoms with Crippen molar-refractivity contribution in [3.63, 3.8) is 0 Å². The molecule has 1 amide bonds. The van der Waals surface area contributed by atoms with E-state index in [1.54, 1.807) is 14.1 Å². The summed E-state index contributed by atoms with van der Waals surface area (Å²) in [6.45, 7) is 0.243. The van der Waals surface area contributed by atoms with Crippen LogP contribution in [0.1, 0.15) is 12.8 Å². The predicted molar refractivity (Wildman–Crippen MR) is 98.5 cm³/mol. The van der Waals surface area contributed by atoms with E-state index in [9.17, 15) is 13.6 Å². The molecule has 134 valence electrons. The summed E-state index contributed by atoms with van der Waals surface area (Å²) in [5.41, 5.74) is 5.58. The van der Waals surface area contributed by atoms with Crippen molar-refractivity contribution in [3.05, 3.63) is 29.8 Å². The van der Waals surface area contributed by atoms with Crippen LogP contribution in [-0.4, -0.2) is 49.6 Å². The summed E-state index contributed by atoms with van der Waals surface area (Å²) in [5.74, 6) is -1.32. The summed E-state index contributed by atoms with van der Waals surface area (Å²) in [6.07, 6.45) is 0.639. The van der Waals surface area contributed by atoms with Crippen LogP contribution < -0.4 is 11.1 Å². The van der Waals surface area contributed by atoms with Crippen molar-refractivity contribution in [1.82, 2.24) is 4.90 Å². The fraction of sp³-hybridized carbons (Fsp3) is 0.467. The molecule has 24 heavy (non-hydrogen) atoms. The van der Waals surface area contributed by atoms with Crippen LogP contribution in [-0.2, 0) is 9.53 Å². The third-order valence-corrected chi connectivity index (χ3v) is 3.48. The molecule has 1 fully saturated rings. The molecule has 2 rings (SSSR count). The zero-order valence-corrected chi connectivity index (χ0v) is 15.8. The van der Waals surface area contributed by atoms with Gasteiger partial charge >= 0.3 is 0 Å². The van der Waals surface area contributed by atoms with E-state index in [1.807, 2.05) is 0 Å². The minimum Gasteiger partial charge on any atom is -0.370 e. The van der Waals surface area contributed by atoms with E-state index in [4.69, 9.17) is 10.5 Å². The number of likely N-dealkylation sites (N-methyl/N-ethyl adjacent to an activating group) is 1. The van der Waals surface area contributed by atoms with Gasteiger partial charge in [0.2, 0.25) is 0 Å². The Labute approximate surface area is 156 Å². The molecule has 1 saturated heterocycles. The fourth-order valence-corrected chi connectivity index (χ4v) is 2.28. The Hall–Kier alpha value is -1.49. The van der Waals surface area contributed by atoms with Gasteiger partial charge in [-0.05, 0) is 25.0 Å². The molecule has 1 aliphatic heterocycles. The lowest BCUT2D eigenvalue weighted by Gasteiger charge is -2.16. The van der Waals surface area contributed by atoms with Crippen molar-refractivity contribution in [3.8, 4) is 0 Å². The summed E-state index contributed by atoms with van der Waals surface area (Å²) in [6, 6.07) is 3.01. The van der Waals surface area contributed by atoms with E-state index >= 15 is 0 Å². The molecule has 6 nitrogen and oxygen atoms in total. The van der Waals surface area contributed by atoms with Gasteiger partial charge in [-0.2, -0.15) is 0 Å². The zero-order valence-electron chi connectivity index (χ0n) is 13.5. The summed E-state index contributed by atoms with van der Waals surface area (Å²) < 4.78 is 32.2. The van der Waals surface area contributed by atoms with E-state index in [1.165, 1.54) is 4.90 Å². The Balaban J connectivity index is 0.00000288. The third kappa shape index (κ3) is 5.55. The van der Waals surface area contributed by atoms with E-state index in [-0.39, 0.29) is 54.2 Å². The number of nitrogens with zero attached hydrogens (tertiary/aromatic N) is 2. The molecule has 1 heterocycles. The van der Waals surface area contributed by atoms with Gasteiger partial charge in [0.1, 0.15) is 17.7 Å². The van der Waals surface area contributed by atoms with Gasteiger partial charge in [-0.3, -0.25) is 9.79 Å². The molecule has 2 atom stereocenters. The topological polar surface area (TPSA) is 80.0 Å². The maximum atomic E-state index is 13.5.